The number of nitrogens with zero attached hydrogens (tertiary/aromatic N) is 2. The van der Waals surface area contributed by atoms with Gasteiger partial charge in [0, 0.05) is 25.2 Å². The van der Waals surface area contributed by atoms with E-state index in [0.717, 1.165) is 11.1 Å². The Morgan fingerprint density at radius 1 is 0.667 bits per heavy atom. The van der Waals surface area contributed by atoms with Gasteiger partial charge in [0.2, 0.25) is 11.8 Å². The van der Waals surface area contributed by atoms with Crippen LogP contribution in [0.5, 0.6) is 0 Å². The summed E-state index contributed by atoms with van der Waals surface area (Å²) < 4.78 is 0. The van der Waals surface area contributed by atoms with E-state index in [0.29, 0.717) is 38.8 Å². The minimum absolute atomic E-state index is 0.0904. The lowest BCUT2D eigenvalue weighted by Crippen LogP contribution is -2.51. The van der Waals surface area contributed by atoms with Gasteiger partial charge in [-0.05, 0) is 50.7 Å². The van der Waals surface area contributed by atoms with Crippen LogP contribution in [-0.4, -0.2) is 56.1 Å². The average Bonchev–Trinajstić information content (AvgIpc) is 2.86. The van der Waals surface area contributed by atoms with Crippen LogP contribution in [0, 0.1) is 11.8 Å². The largest absolute Gasteiger partial charge is 0.392 e. The van der Waals surface area contributed by atoms with E-state index in [1.165, 1.54) is 0 Å². The maximum atomic E-state index is 12.3. The molecule has 2 aliphatic rings. The molecule has 0 radical (unpaired) electrons. The minimum atomic E-state index is -0.482. The second-order valence-electron chi connectivity index (χ2n) is 10.2. The molecule has 2 aromatic carbocycles. The number of rotatable bonds is 6. The van der Waals surface area contributed by atoms with Crippen molar-refractivity contribution in [2.24, 2.45) is 11.8 Å². The highest BCUT2D eigenvalue weighted by Gasteiger charge is 2.39. The third-order valence-corrected chi connectivity index (χ3v) is 7.63. The SMILES string of the molecule is CC[C@H]1C(=O)N(Cc2ccccc2)[C@@H](C)C[C@@H]1O.CC[C@H]1C(=O)N(Cc2ccccc2)[C@H](C)C[C@@H]1O. The van der Waals surface area contributed by atoms with E-state index in [1.807, 2.05) is 98.2 Å². The fourth-order valence-electron chi connectivity index (χ4n) is 5.39. The van der Waals surface area contributed by atoms with E-state index in [4.69, 9.17) is 0 Å². The summed E-state index contributed by atoms with van der Waals surface area (Å²) in [5.74, 6) is -0.282. The van der Waals surface area contributed by atoms with Crippen molar-refractivity contribution >= 4 is 11.8 Å². The second kappa shape index (κ2) is 13.0. The quantitative estimate of drug-likeness (QED) is 0.624. The Morgan fingerprint density at radius 3 is 1.31 bits per heavy atom. The van der Waals surface area contributed by atoms with Gasteiger partial charge >= 0.3 is 0 Å². The fraction of sp³-hybridized carbons (Fsp3) is 0.533. The summed E-state index contributed by atoms with van der Waals surface area (Å²) in [7, 11) is 0. The van der Waals surface area contributed by atoms with Gasteiger partial charge in [-0.1, -0.05) is 74.5 Å². The van der Waals surface area contributed by atoms with Crippen molar-refractivity contribution in [2.45, 2.75) is 90.8 Å². The molecular formula is C30H42N2O4. The summed E-state index contributed by atoms with van der Waals surface area (Å²) in [6.45, 7) is 9.23. The van der Waals surface area contributed by atoms with Crippen molar-refractivity contribution in [2.75, 3.05) is 0 Å². The number of piperidine rings is 2. The summed E-state index contributed by atoms with van der Waals surface area (Å²) in [5, 5.41) is 19.9. The van der Waals surface area contributed by atoms with Gasteiger partial charge in [0.1, 0.15) is 0 Å². The van der Waals surface area contributed by atoms with Crippen LogP contribution >= 0.6 is 0 Å². The highest BCUT2D eigenvalue weighted by atomic mass is 16.3. The molecule has 0 saturated carbocycles. The second-order valence-corrected chi connectivity index (χ2v) is 10.2. The summed E-state index contributed by atoms with van der Waals surface area (Å²) in [6.07, 6.45) is 1.80. The Hall–Kier alpha value is -2.70. The first-order valence-electron chi connectivity index (χ1n) is 13.3. The zero-order chi connectivity index (χ0) is 26.2. The lowest BCUT2D eigenvalue weighted by molar-refractivity contribution is -0.150. The molecule has 2 N–H and O–H groups in total. The Bertz CT molecular complexity index is 888. The Kier molecular flexibility index (Phi) is 10.1. The number of hydrogen-bond acceptors (Lipinski definition) is 4. The van der Waals surface area contributed by atoms with Gasteiger partial charge < -0.3 is 20.0 Å². The lowest BCUT2D eigenvalue weighted by atomic mass is 9.87. The van der Waals surface area contributed by atoms with E-state index in [2.05, 4.69) is 0 Å². The highest BCUT2D eigenvalue weighted by molar-refractivity contribution is 5.81. The van der Waals surface area contributed by atoms with E-state index >= 15 is 0 Å². The van der Waals surface area contributed by atoms with Gasteiger partial charge in [-0.15, -0.1) is 0 Å². The van der Waals surface area contributed by atoms with Crippen LogP contribution in [0.1, 0.15) is 64.5 Å². The first-order chi connectivity index (χ1) is 17.3. The normalized spacial score (nSPS) is 28.5. The van der Waals surface area contributed by atoms with Gasteiger partial charge in [0.15, 0.2) is 0 Å². The third-order valence-electron chi connectivity index (χ3n) is 7.63. The lowest BCUT2D eigenvalue weighted by Gasteiger charge is -2.40. The van der Waals surface area contributed by atoms with E-state index in [-0.39, 0.29) is 35.7 Å². The van der Waals surface area contributed by atoms with Gasteiger partial charge in [-0.3, -0.25) is 9.59 Å². The van der Waals surface area contributed by atoms with Crippen molar-refractivity contribution in [3.8, 4) is 0 Å². The topological polar surface area (TPSA) is 81.1 Å². The summed E-state index contributed by atoms with van der Waals surface area (Å²) >= 11 is 0. The number of likely N-dealkylation sites (tertiary alicyclic amines) is 2. The molecule has 2 heterocycles. The Balaban J connectivity index is 0.000000201. The highest BCUT2D eigenvalue weighted by Crippen LogP contribution is 2.28. The van der Waals surface area contributed by atoms with Crippen molar-refractivity contribution in [3.63, 3.8) is 0 Å². The number of benzene rings is 2. The molecule has 0 aliphatic carbocycles. The summed E-state index contributed by atoms with van der Waals surface area (Å²) in [6, 6.07) is 20.2. The van der Waals surface area contributed by atoms with Gasteiger partial charge in [-0.25, -0.2) is 0 Å². The number of amides is 2. The molecule has 0 aromatic heterocycles. The molecular weight excluding hydrogens is 452 g/mol. The standard InChI is InChI=1S/2C15H21NO2/c2*1-3-13-14(17)9-11(2)16(15(13)18)10-12-7-5-4-6-8-12/h2*4-8,11,13-14,17H,3,9-10H2,1-2H3/t11-,13+,14-;11-,13-,14+/m01/s1. The van der Waals surface area contributed by atoms with Crippen LogP contribution in [0.2, 0.25) is 0 Å². The fourth-order valence-corrected chi connectivity index (χ4v) is 5.39. The smallest absolute Gasteiger partial charge is 0.228 e. The van der Waals surface area contributed by atoms with Crippen LogP contribution < -0.4 is 0 Å². The van der Waals surface area contributed by atoms with Crippen molar-refractivity contribution in [1.29, 1.82) is 0 Å². The monoisotopic (exact) mass is 494 g/mol. The van der Waals surface area contributed by atoms with Crippen LogP contribution in [0.15, 0.2) is 60.7 Å². The third kappa shape index (κ3) is 6.74. The van der Waals surface area contributed by atoms with Gasteiger partial charge in [0.25, 0.3) is 0 Å². The van der Waals surface area contributed by atoms with E-state index < -0.39 is 12.2 Å². The molecule has 4 rings (SSSR count). The molecule has 2 saturated heterocycles. The zero-order valence-corrected chi connectivity index (χ0v) is 22.1. The first-order valence-corrected chi connectivity index (χ1v) is 13.3. The molecule has 0 unspecified atom stereocenters. The van der Waals surface area contributed by atoms with Crippen LogP contribution in [0.25, 0.3) is 0 Å². The van der Waals surface area contributed by atoms with Gasteiger partial charge in [-0.2, -0.15) is 0 Å². The molecule has 36 heavy (non-hydrogen) atoms. The predicted molar refractivity (Wildman–Crippen MR) is 142 cm³/mol. The number of carbonyl (C=O) groups is 2. The number of carbonyl (C=O) groups excluding carboxylic acids is 2. The molecule has 6 atom stereocenters. The first kappa shape index (κ1) is 27.9. The number of aliphatic hydroxyl groups excluding tert-OH is 2. The van der Waals surface area contributed by atoms with Crippen LogP contribution in [-0.2, 0) is 22.7 Å². The molecule has 0 bridgehead atoms. The maximum Gasteiger partial charge on any atom is 0.228 e. The molecule has 2 amide bonds. The summed E-state index contributed by atoms with van der Waals surface area (Å²) in [5.41, 5.74) is 2.29. The van der Waals surface area contributed by atoms with Gasteiger partial charge in [0.05, 0.1) is 24.0 Å². The maximum absolute atomic E-state index is 12.3. The molecule has 2 aliphatic heterocycles. The molecule has 2 fully saturated rings. The molecule has 196 valence electrons. The molecule has 0 spiro atoms. The average molecular weight is 495 g/mol. The molecule has 6 heteroatoms. The Morgan fingerprint density at radius 2 is 1.00 bits per heavy atom. The zero-order valence-electron chi connectivity index (χ0n) is 22.1. The molecule has 2 aromatic rings. The number of aliphatic hydroxyl groups is 2. The predicted octanol–water partition coefficient (Wildman–Crippen LogP) is 4.39. The minimum Gasteiger partial charge on any atom is -0.392 e. The van der Waals surface area contributed by atoms with E-state index in [1.54, 1.807) is 0 Å². The van der Waals surface area contributed by atoms with Crippen molar-refractivity contribution < 1.29 is 19.8 Å². The van der Waals surface area contributed by atoms with Crippen LogP contribution in [0.4, 0.5) is 0 Å². The van der Waals surface area contributed by atoms with Crippen LogP contribution in [0.3, 0.4) is 0 Å². The summed E-state index contributed by atoms with van der Waals surface area (Å²) in [4.78, 5) is 28.5. The molecule has 6 nitrogen and oxygen atoms in total. The number of hydrogen-bond donors (Lipinski definition) is 2. The van der Waals surface area contributed by atoms with Crippen molar-refractivity contribution in [1.82, 2.24) is 9.80 Å². The van der Waals surface area contributed by atoms with E-state index in [9.17, 15) is 19.8 Å². The van der Waals surface area contributed by atoms with Crippen molar-refractivity contribution in [3.05, 3.63) is 71.8 Å². The Labute approximate surface area is 215 Å².